The largest absolute Gasteiger partial charge is 0.493 e. The summed E-state index contributed by atoms with van der Waals surface area (Å²) in [5.41, 5.74) is 2.06. The fourth-order valence-corrected chi connectivity index (χ4v) is 4.76. The second-order valence-electron chi connectivity index (χ2n) is 6.88. The number of fused-ring (bicyclic) bond motifs is 1. The molecule has 1 saturated heterocycles. The number of nitrogens with zero attached hydrogens (tertiary/aromatic N) is 2. The van der Waals surface area contributed by atoms with Crippen molar-refractivity contribution in [3.05, 3.63) is 77.9 Å². The predicted octanol–water partition coefficient (Wildman–Crippen LogP) is 5.12. The van der Waals surface area contributed by atoms with Gasteiger partial charge in [-0.15, -0.1) is 6.58 Å². The molecule has 1 fully saturated rings. The van der Waals surface area contributed by atoms with Gasteiger partial charge in [0.15, 0.2) is 11.5 Å². The molecule has 31 heavy (non-hydrogen) atoms. The molecule has 1 aliphatic heterocycles. The third kappa shape index (κ3) is 4.38. The summed E-state index contributed by atoms with van der Waals surface area (Å²) in [6, 6.07) is 15.7. The lowest BCUT2D eigenvalue weighted by Gasteiger charge is -2.11. The van der Waals surface area contributed by atoms with Crippen molar-refractivity contribution >= 4 is 51.2 Å². The van der Waals surface area contributed by atoms with Crippen molar-refractivity contribution in [2.45, 2.75) is 6.54 Å². The Hall–Kier alpha value is -3.03. The van der Waals surface area contributed by atoms with Crippen molar-refractivity contribution in [3.63, 3.8) is 0 Å². The van der Waals surface area contributed by atoms with Crippen LogP contribution >= 0.6 is 24.0 Å². The lowest BCUT2D eigenvalue weighted by atomic mass is 10.1. The number of thiocarbonyl (C=S) groups is 1. The van der Waals surface area contributed by atoms with Crippen LogP contribution in [0.4, 0.5) is 0 Å². The minimum Gasteiger partial charge on any atom is -0.493 e. The molecule has 1 aromatic heterocycles. The zero-order chi connectivity index (χ0) is 21.8. The molecule has 3 aromatic rings. The Bertz CT molecular complexity index is 1180. The van der Waals surface area contributed by atoms with Crippen molar-refractivity contribution in [1.29, 1.82) is 0 Å². The first kappa shape index (κ1) is 21.2. The standard InChI is InChI=1S/C24H22N2O3S2/c1-3-12-26-23(27)22(31-24(26)30)15-17-16-25(19-9-5-4-8-18(17)19)13-14-29-21-11-7-6-10-20(21)28-2/h3-11,15-16H,1,12-14H2,2H3/b22-15+. The summed E-state index contributed by atoms with van der Waals surface area (Å²) < 4.78 is 14.0. The van der Waals surface area contributed by atoms with Crippen molar-refractivity contribution in [2.24, 2.45) is 0 Å². The minimum atomic E-state index is -0.0776. The molecule has 0 aliphatic carbocycles. The van der Waals surface area contributed by atoms with E-state index in [2.05, 4.69) is 29.5 Å². The molecule has 0 radical (unpaired) electrons. The first-order valence-corrected chi connectivity index (χ1v) is 11.0. The number of carbonyl (C=O) groups excluding carboxylic acids is 1. The van der Waals surface area contributed by atoms with Crippen LogP contribution in [-0.2, 0) is 11.3 Å². The minimum absolute atomic E-state index is 0.0776. The van der Waals surface area contributed by atoms with Gasteiger partial charge >= 0.3 is 0 Å². The van der Waals surface area contributed by atoms with E-state index in [0.29, 0.717) is 40.4 Å². The van der Waals surface area contributed by atoms with Gasteiger partial charge in [-0.3, -0.25) is 9.69 Å². The molecule has 5 nitrogen and oxygen atoms in total. The Labute approximate surface area is 190 Å². The number of carbonyl (C=O) groups is 1. The molecule has 0 unspecified atom stereocenters. The van der Waals surface area contributed by atoms with E-state index in [0.717, 1.165) is 16.5 Å². The molecule has 2 heterocycles. The normalized spacial score (nSPS) is 15.1. The molecule has 1 amide bonds. The van der Waals surface area contributed by atoms with Crippen LogP contribution < -0.4 is 9.47 Å². The number of amides is 1. The topological polar surface area (TPSA) is 43.7 Å². The summed E-state index contributed by atoms with van der Waals surface area (Å²) in [5.74, 6) is 1.35. The third-order valence-electron chi connectivity index (χ3n) is 4.95. The van der Waals surface area contributed by atoms with Crippen LogP contribution in [0, 0.1) is 0 Å². The molecular weight excluding hydrogens is 428 g/mol. The van der Waals surface area contributed by atoms with Gasteiger partial charge in [-0.05, 0) is 24.3 Å². The number of hydrogen-bond acceptors (Lipinski definition) is 5. The Balaban J connectivity index is 1.57. The number of benzene rings is 2. The Morgan fingerprint density at radius 2 is 1.87 bits per heavy atom. The third-order valence-corrected chi connectivity index (χ3v) is 6.33. The molecular formula is C24H22N2O3S2. The SMILES string of the molecule is C=CCN1C(=O)/C(=C\c2cn(CCOc3ccccc3OC)c3ccccc23)SC1=S. The highest BCUT2D eigenvalue weighted by Gasteiger charge is 2.31. The van der Waals surface area contributed by atoms with Crippen molar-refractivity contribution in [1.82, 2.24) is 9.47 Å². The molecule has 0 atom stereocenters. The van der Waals surface area contributed by atoms with Crippen LogP contribution in [-0.4, -0.2) is 40.0 Å². The first-order chi connectivity index (χ1) is 15.1. The van der Waals surface area contributed by atoms with Gasteiger partial charge in [0.05, 0.1) is 18.6 Å². The fourth-order valence-electron chi connectivity index (χ4n) is 3.49. The van der Waals surface area contributed by atoms with Gasteiger partial charge in [0, 0.05) is 29.2 Å². The van der Waals surface area contributed by atoms with E-state index in [9.17, 15) is 4.79 Å². The number of hydrogen-bond donors (Lipinski definition) is 0. The van der Waals surface area contributed by atoms with Gasteiger partial charge in [-0.1, -0.05) is 60.4 Å². The van der Waals surface area contributed by atoms with Crippen LogP contribution in [0.1, 0.15) is 5.56 Å². The molecule has 1 aliphatic rings. The van der Waals surface area contributed by atoms with E-state index >= 15 is 0 Å². The van der Waals surface area contributed by atoms with Crippen LogP contribution in [0.15, 0.2) is 72.3 Å². The molecule has 0 spiro atoms. The number of thioether (sulfide) groups is 1. The van der Waals surface area contributed by atoms with E-state index in [4.69, 9.17) is 21.7 Å². The van der Waals surface area contributed by atoms with Crippen LogP contribution in [0.3, 0.4) is 0 Å². The summed E-state index contributed by atoms with van der Waals surface area (Å²) >= 11 is 6.68. The molecule has 0 N–H and O–H groups in total. The maximum Gasteiger partial charge on any atom is 0.266 e. The monoisotopic (exact) mass is 450 g/mol. The van der Waals surface area contributed by atoms with E-state index in [-0.39, 0.29) is 5.91 Å². The number of rotatable bonds is 8. The number of para-hydroxylation sites is 3. The number of ether oxygens (including phenoxy) is 2. The Kier molecular flexibility index (Phi) is 6.44. The average molecular weight is 451 g/mol. The van der Waals surface area contributed by atoms with Crippen LogP contribution in [0.25, 0.3) is 17.0 Å². The molecule has 0 saturated carbocycles. The summed E-state index contributed by atoms with van der Waals surface area (Å²) in [4.78, 5) is 14.9. The van der Waals surface area contributed by atoms with Crippen molar-refractivity contribution in [2.75, 3.05) is 20.3 Å². The Morgan fingerprint density at radius 3 is 2.65 bits per heavy atom. The van der Waals surface area contributed by atoms with Crippen molar-refractivity contribution < 1.29 is 14.3 Å². The smallest absolute Gasteiger partial charge is 0.266 e. The molecule has 0 bridgehead atoms. The number of methoxy groups -OCH3 is 1. The highest BCUT2D eigenvalue weighted by atomic mass is 32.2. The molecule has 2 aromatic carbocycles. The molecule has 7 heteroatoms. The van der Waals surface area contributed by atoms with Gasteiger partial charge in [-0.2, -0.15) is 0 Å². The van der Waals surface area contributed by atoms with E-state index in [1.54, 1.807) is 18.1 Å². The fraction of sp³-hybridized carbons (Fsp3) is 0.167. The van der Waals surface area contributed by atoms with Crippen molar-refractivity contribution in [3.8, 4) is 11.5 Å². The molecule has 158 valence electrons. The van der Waals surface area contributed by atoms with Gasteiger partial charge in [0.2, 0.25) is 0 Å². The summed E-state index contributed by atoms with van der Waals surface area (Å²) in [6.07, 6.45) is 5.65. The lowest BCUT2D eigenvalue weighted by molar-refractivity contribution is -0.121. The van der Waals surface area contributed by atoms with Crippen LogP contribution in [0.5, 0.6) is 11.5 Å². The van der Waals surface area contributed by atoms with E-state index in [1.165, 1.54) is 11.8 Å². The zero-order valence-electron chi connectivity index (χ0n) is 17.1. The van der Waals surface area contributed by atoms with Gasteiger partial charge in [0.1, 0.15) is 10.9 Å². The number of aromatic nitrogens is 1. The maximum atomic E-state index is 12.7. The second kappa shape index (κ2) is 9.41. The highest BCUT2D eigenvalue weighted by Crippen LogP contribution is 2.34. The lowest BCUT2D eigenvalue weighted by Crippen LogP contribution is -2.27. The summed E-state index contributed by atoms with van der Waals surface area (Å²) in [5, 5.41) is 1.08. The van der Waals surface area contributed by atoms with Gasteiger partial charge in [0.25, 0.3) is 5.91 Å². The Morgan fingerprint density at radius 1 is 1.13 bits per heavy atom. The maximum absolute atomic E-state index is 12.7. The average Bonchev–Trinajstić information content (AvgIpc) is 3.27. The summed E-state index contributed by atoms with van der Waals surface area (Å²) in [6.45, 7) is 5.27. The van der Waals surface area contributed by atoms with Gasteiger partial charge in [-0.25, -0.2) is 0 Å². The second-order valence-corrected chi connectivity index (χ2v) is 8.55. The van der Waals surface area contributed by atoms with E-state index < -0.39 is 0 Å². The van der Waals surface area contributed by atoms with Crippen LogP contribution in [0.2, 0.25) is 0 Å². The highest BCUT2D eigenvalue weighted by molar-refractivity contribution is 8.26. The predicted molar refractivity (Wildman–Crippen MR) is 131 cm³/mol. The zero-order valence-corrected chi connectivity index (χ0v) is 18.7. The summed E-state index contributed by atoms with van der Waals surface area (Å²) in [7, 11) is 1.63. The van der Waals surface area contributed by atoms with Gasteiger partial charge < -0.3 is 14.0 Å². The molecule has 4 rings (SSSR count). The first-order valence-electron chi connectivity index (χ1n) is 9.82. The quantitative estimate of drug-likeness (QED) is 0.271. The van der Waals surface area contributed by atoms with E-state index in [1.807, 2.05) is 42.5 Å².